The Labute approximate surface area is 151 Å². The van der Waals surface area contributed by atoms with Crippen molar-refractivity contribution in [3.05, 3.63) is 59.4 Å². The minimum absolute atomic E-state index is 0.0584. The predicted octanol–water partition coefficient (Wildman–Crippen LogP) is 3.13. The highest BCUT2D eigenvalue weighted by molar-refractivity contribution is 5.97. The highest BCUT2D eigenvalue weighted by Crippen LogP contribution is 2.24. The molecular weight excluding hydrogens is 335 g/mol. The Balaban J connectivity index is 1.63. The lowest BCUT2D eigenvalue weighted by Gasteiger charge is -2.17. The van der Waals surface area contributed by atoms with Crippen LogP contribution in [0, 0.1) is 18.7 Å². The number of aryl methyl sites for hydroxylation is 1. The van der Waals surface area contributed by atoms with Crippen molar-refractivity contribution in [2.24, 2.45) is 5.92 Å². The van der Waals surface area contributed by atoms with E-state index in [4.69, 9.17) is 4.74 Å². The lowest BCUT2D eigenvalue weighted by molar-refractivity contribution is -0.128. The molecule has 0 saturated carbocycles. The number of hydrogen-bond acceptors (Lipinski definition) is 3. The van der Waals surface area contributed by atoms with Crippen LogP contribution in [-0.4, -0.2) is 30.4 Å². The number of nitrogens with one attached hydrogen (secondary N) is 1. The summed E-state index contributed by atoms with van der Waals surface area (Å²) in [7, 11) is 1.60. The second-order valence-corrected chi connectivity index (χ2v) is 6.47. The van der Waals surface area contributed by atoms with E-state index in [1.165, 1.54) is 12.1 Å². The first-order valence-corrected chi connectivity index (χ1v) is 8.44. The highest BCUT2D eigenvalue weighted by Gasteiger charge is 2.34. The number of carbonyl (C=O) groups is 2. The molecule has 1 heterocycles. The summed E-state index contributed by atoms with van der Waals surface area (Å²) in [4.78, 5) is 26.4. The third-order valence-corrected chi connectivity index (χ3v) is 4.58. The number of halogens is 1. The van der Waals surface area contributed by atoms with Gasteiger partial charge < -0.3 is 15.0 Å². The van der Waals surface area contributed by atoms with E-state index in [1.807, 2.05) is 24.3 Å². The van der Waals surface area contributed by atoms with Gasteiger partial charge in [-0.15, -0.1) is 0 Å². The van der Waals surface area contributed by atoms with E-state index in [9.17, 15) is 14.0 Å². The first-order valence-electron chi connectivity index (χ1n) is 8.44. The molecular formula is C20H21FN2O3. The first-order chi connectivity index (χ1) is 12.5. The molecule has 1 unspecified atom stereocenters. The van der Waals surface area contributed by atoms with Gasteiger partial charge in [0.15, 0.2) is 0 Å². The lowest BCUT2D eigenvalue weighted by atomic mass is 10.1. The summed E-state index contributed by atoms with van der Waals surface area (Å²) in [6.07, 6.45) is 0.163. The molecule has 136 valence electrons. The van der Waals surface area contributed by atoms with Crippen molar-refractivity contribution in [3.63, 3.8) is 0 Å². The zero-order chi connectivity index (χ0) is 18.7. The van der Waals surface area contributed by atoms with Crippen LogP contribution >= 0.6 is 0 Å². The van der Waals surface area contributed by atoms with Crippen LogP contribution in [0.3, 0.4) is 0 Å². The lowest BCUT2D eigenvalue weighted by Crippen LogP contribution is -2.28. The average molecular weight is 356 g/mol. The van der Waals surface area contributed by atoms with E-state index >= 15 is 0 Å². The Morgan fingerprint density at radius 1 is 1.27 bits per heavy atom. The third kappa shape index (κ3) is 4.02. The second-order valence-electron chi connectivity index (χ2n) is 6.47. The topological polar surface area (TPSA) is 58.6 Å². The van der Waals surface area contributed by atoms with Crippen molar-refractivity contribution in [1.29, 1.82) is 0 Å². The first kappa shape index (κ1) is 17.9. The molecule has 0 spiro atoms. The van der Waals surface area contributed by atoms with E-state index in [0.29, 0.717) is 18.8 Å². The van der Waals surface area contributed by atoms with E-state index in [1.54, 1.807) is 25.0 Å². The molecule has 26 heavy (non-hydrogen) atoms. The minimum atomic E-state index is -0.441. The Morgan fingerprint density at radius 2 is 2.00 bits per heavy atom. The monoisotopic (exact) mass is 356 g/mol. The Bertz CT molecular complexity index is 820. The van der Waals surface area contributed by atoms with Gasteiger partial charge in [-0.2, -0.15) is 0 Å². The van der Waals surface area contributed by atoms with Crippen LogP contribution in [-0.2, 0) is 16.1 Å². The number of anilines is 1. The molecule has 1 N–H and O–H groups in total. The van der Waals surface area contributed by atoms with Gasteiger partial charge in [0.1, 0.15) is 11.6 Å². The molecule has 6 heteroatoms. The summed E-state index contributed by atoms with van der Waals surface area (Å²) in [5.74, 6) is -0.414. The van der Waals surface area contributed by atoms with Gasteiger partial charge in [-0.1, -0.05) is 18.2 Å². The Morgan fingerprint density at radius 3 is 2.69 bits per heavy atom. The number of ether oxygens (including phenoxy) is 1. The summed E-state index contributed by atoms with van der Waals surface area (Å²) in [5, 5.41) is 2.74. The molecule has 0 radical (unpaired) electrons. The maximum absolute atomic E-state index is 13.4. The number of carbonyl (C=O) groups excluding carboxylic acids is 2. The number of amides is 2. The number of likely N-dealkylation sites (tertiary alicyclic amines) is 1. The smallest absolute Gasteiger partial charge is 0.229 e. The molecule has 2 aromatic carbocycles. The number of methoxy groups -OCH3 is 1. The van der Waals surface area contributed by atoms with Crippen molar-refractivity contribution < 1.29 is 18.7 Å². The number of benzene rings is 2. The van der Waals surface area contributed by atoms with Crippen molar-refractivity contribution in [1.82, 2.24) is 4.90 Å². The molecule has 2 aromatic rings. The third-order valence-electron chi connectivity index (χ3n) is 4.58. The van der Waals surface area contributed by atoms with Gasteiger partial charge in [0.05, 0.1) is 13.0 Å². The molecule has 0 aromatic heterocycles. The maximum atomic E-state index is 13.4. The van der Waals surface area contributed by atoms with Gasteiger partial charge in [0, 0.05) is 25.2 Å². The predicted molar refractivity (Wildman–Crippen MR) is 96.3 cm³/mol. The van der Waals surface area contributed by atoms with Gasteiger partial charge >= 0.3 is 0 Å². The number of hydrogen-bond donors (Lipinski definition) is 1. The number of rotatable bonds is 5. The van der Waals surface area contributed by atoms with Crippen LogP contribution in [0.15, 0.2) is 42.5 Å². The Kier molecular flexibility index (Phi) is 5.21. The molecule has 1 atom stereocenters. The van der Waals surface area contributed by atoms with Crippen molar-refractivity contribution in [3.8, 4) is 5.75 Å². The summed E-state index contributed by atoms with van der Waals surface area (Å²) in [6.45, 7) is 2.60. The van der Waals surface area contributed by atoms with Gasteiger partial charge in [-0.25, -0.2) is 4.39 Å². The molecule has 3 rings (SSSR count). The SMILES string of the molecule is COc1ccc(CN2CC(C(=O)Nc3cc(F)ccc3C)CC2=O)cc1. The van der Waals surface area contributed by atoms with E-state index in [2.05, 4.69) is 5.32 Å². The molecule has 5 nitrogen and oxygen atoms in total. The van der Waals surface area contributed by atoms with Gasteiger partial charge in [0.25, 0.3) is 0 Å². The second kappa shape index (κ2) is 7.56. The molecule has 0 aliphatic carbocycles. The fourth-order valence-electron chi connectivity index (χ4n) is 3.02. The molecule has 1 saturated heterocycles. The average Bonchev–Trinajstić information content (AvgIpc) is 2.99. The summed E-state index contributed by atoms with van der Waals surface area (Å²) in [6, 6.07) is 11.7. The van der Waals surface area contributed by atoms with Crippen LogP contribution in [0.1, 0.15) is 17.5 Å². The Hall–Kier alpha value is -2.89. The molecule has 1 aliphatic rings. The van der Waals surface area contributed by atoms with Gasteiger partial charge in [-0.05, 0) is 42.3 Å². The molecule has 1 fully saturated rings. The fourth-order valence-corrected chi connectivity index (χ4v) is 3.02. The molecule has 1 aliphatic heterocycles. The molecule has 0 bridgehead atoms. The van der Waals surface area contributed by atoms with E-state index in [-0.39, 0.29) is 18.2 Å². The van der Waals surface area contributed by atoms with Crippen LogP contribution < -0.4 is 10.1 Å². The number of nitrogens with zero attached hydrogens (tertiary/aromatic N) is 1. The van der Waals surface area contributed by atoms with Gasteiger partial charge in [0.2, 0.25) is 11.8 Å². The largest absolute Gasteiger partial charge is 0.497 e. The fraction of sp³-hybridized carbons (Fsp3) is 0.300. The van der Waals surface area contributed by atoms with Gasteiger partial charge in [-0.3, -0.25) is 9.59 Å². The van der Waals surface area contributed by atoms with E-state index < -0.39 is 11.7 Å². The van der Waals surface area contributed by atoms with Crippen molar-refractivity contribution >= 4 is 17.5 Å². The summed E-state index contributed by atoms with van der Waals surface area (Å²) < 4.78 is 18.5. The zero-order valence-corrected chi connectivity index (χ0v) is 14.8. The van der Waals surface area contributed by atoms with Crippen LogP contribution in [0.5, 0.6) is 5.75 Å². The van der Waals surface area contributed by atoms with Crippen LogP contribution in [0.2, 0.25) is 0 Å². The minimum Gasteiger partial charge on any atom is -0.497 e. The van der Waals surface area contributed by atoms with Crippen LogP contribution in [0.25, 0.3) is 0 Å². The quantitative estimate of drug-likeness (QED) is 0.895. The standard InChI is InChI=1S/C20H21FN2O3/c1-13-3-6-16(21)10-18(13)22-20(25)15-9-19(24)23(12-15)11-14-4-7-17(26-2)8-5-14/h3-8,10,15H,9,11-12H2,1-2H3,(H,22,25). The maximum Gasteiger partial charge on any atom is 0.229 e. The van der Waals surface area contributed by atoms with Crippen molar-refractivity contribution in [2.45, 2.75) is 19.9 Å². The highest BCUT2D eigenvalue weighted by atomic mass is 19.1. The zero-order valence-electron chi connectivity index (χ0n) is 14.8. The van der Waals surface area contributed by atoms with Crippen LogP contribution in [0.4, 0.5) is 10.1 Å². The molecule has 2 amide bonds. The van der Waals surface area contributed by atoms with Crippen molar-refractivity contribution in [2.75, 3.05) is 19.0 Å². The summed E-state index contributed by atoms with van der Waals surface area (Å²) >= 11 is 0. The normalized spacial score (nSPS) is 16.7. The summed E-state index contributed by atoms with van der Waals surface area (Å²) in [5.41, 5.74) is 2.19. The van der Waals surface area contributed by atoms with E-state index in [0.717, 1.165) is 16.9 Å².